The maximum atomic E-state index is 4.45. The number of benzene rings is 1. The van der Waals surface area contributed by atoms with Gasteiger partial charge in [0.1, 0.15) is 5.65 Å². The second kappa shape index (κ2) is 4.58. The first kappa shape index (κ1) is 11.5. The van der Waals surface area contributed by atoms with E-state index in [0.717, 1.165) is 22.1 Å². The summed E-state index contributed by atoms with van der Waals surface area (Å²) in [7, 11) is 0. The molecule has 0 saturated carbocycles. The SMILES string of the molecule is Cc1ccc(Cn2ccc3c(Br)ccnc32)cc1. The smallest absolute Gasteiger partial charge is 0.141 e. The van der Waals surface area contributed by atoms with Gasteiger partial charge >= 0.3 is 0 Å². The molecule has 0 bridgehead atoms. The van der Waals surface area contributed by atoms with Crippen LogP contribution in [0.1, 0.15) is 11.1 Å². The zero-order valence-corrected chi connectivity index (χ0v) is 11.7. The monoisotopic (exact) mass is 300 g/mol. The van der Waals surface area contributed by atoms with Gasteiger partial charge in [-0.3, -0.25) is 0 Å². The average molecular weight is 301 g/mol. The maximum Gasteiger partial charge on any atom is 0.141 e. The van der Waals surface area contributed by atoms with Gasteiger partial charge in [0.05, 0.1) is 0 Å². The Labute approximate surface area is 114 Å². The van der Waals surface area contributed by atoms with E-state index in [1.54, 1.807) is 0 Å². The van der Waals surface area contributed by atoms with Gasteiger partial charge < -0.3 is 4.57 Å². The highest BCUT2D eigenvalue weighted by molar-refractivity contribution is 9.10. The molecule has 0 saturated heterocycles. The maximum absolute atomic E-state index is 4.45. The van der Waals surface area contributed by atoms with Crippen LogP contribution in [0.3, 0.4) is 0 Å². The summed E-state index contributed by atoms with van der Waals surface area (Å²) in [5.74, 6) is 0. The molecule has 2 aromatic heterocycles. The third-order valence-electron chi connectivity index (χ3n) is 3.08. The van der Waals surface area contributed by atoms with Crippen LogP contribution < -0.4 is 0 Å². The van der Waals surface area contributed by atoms with Gasteiger partial charge in [0.15, 0.2) is 0 Å². The van der Waals surface area contributed by atoms with Crippen molar-refractivity contribution in [3.63, 3.8) is 0 Å². The molecule has 0 aliphatic heterocycles. The fourth-order valence-electron chi connectivity index (χ4n) is 2.08. The highest BCUT2D eigenvalue weighted by atomic mass is 79.9. The molecular formula is C15H13BrN2. The molecule has 2 nitrogen and oxygen atoms in total. The lowest BCUT2D eigenvalue weighted by Crippen LogP contribution is -1.98. The summed E-state index contributed by atoms with van der Waals surface area (Å²) in [6.07, 6.45) is 3.92. The topological polar surface area (TPSA) is 17.8 Å². The van der Waals surface area contributed by atoms with Gasteiger partial charge in [-0.2, -0.15) is 0 Å². The molecule has 0 atom stereocenters. The first-order chi connectivity index (χ1) is 8.74. The summed E-state index contributed by atoms with van der Waals surface area (Å²) in [4.78, 5) is 4.45. The summed E-state index contributed by atoms with van der Waals surface area (Å²) in [5, 5.41) is 1.16. The van der Waals surface area contributed by atoms with Crippen molar-refractivity contribution < 1.29 is 0 Å². The van der Waals surface area contributed by atoms with E-state index in [4.69, 9.17) is 0 Å². The molecule has 0 amide bonds. The molecule has 0 unspecified atom stereocenters. The minimum Gasteiger partial charge on any atom is -0.328 e. The van der Waals surface area contributed by atoms with Crippen molar-refractivity contribution in [2.75, 3.05) is 0 Å². The summed E-state index contributed by atoms with van der Waals surface area (Å²) in [6.45, 7) is 2.96. The second-order valence-electron chi connectivity index (χ2n) is 4.46. The Kier molecular flexibility index (Phi) is 2.92. The average Bonchev–Trinajstić information content (AvgIpc) is 2.77. The Morgan fingerprint density at radius 3 is 2.67 bits per heavy atom. The molecule has 18 heavy (non-hydrogen) atoms. The van der Waals surface area contributed by atoms with E-state index in [0.29, 0.717) is 0 Å². The largest absolute Gasteiger partial charge is 0.328 e. The lowest BCUT2D eigenvalue weighted by atomic mass is 10.1. The van der Waals surface area contributed by atoms with Crippen LogP contribution in [-0.2, 0) is 6.54 Å². The van der Waals surface area contributed by atoms with Crippen LogP contribution >= 0.6 is 15.9 Å². The second-order valence-corrected chi connectivity index (χ2v) is 5.31. The van der Waals surface area contributed by atoms with Gasteiger partial charge in [0, 0.05) is 28.8 Å². The molecule has 0 N–H and O–H groups in total. The summed E-state index contributed by atoms with van der Waals surface area (Å²) in [5.41, 5.74) is 3.60. The Morgan fingerprint density at radius 1 is 1.11 bits per heavy atom. The predicted molar refractivity (Wildman–Crippen MR) is 77.7 cm³/mol. The van der Waals surface area contributed by atoms with E-state index in [1.807, 2.05) is 12.3 Å². The number of pyridine rings is 1. The predicted octanol–water partition coefficient (Wildman–Crippen LogP) is 4.16. The van der Waals surface area contributed by atoms with E-state index >= 15 is 0 Å². The fraction of sp³-hybridized carbons (Fsp3) is 0.133. The van der Waals surface area contributed by atoms with Crippen molar-refractivity contribution >= 4 is 27.0 Å². The minimum absolute atomic E-state index is 0.854. The molecule has 0 aliphatic rings. The van der Waals surface area contributed by atoms with Crippen molar-refractivity contribution in [3.05, 3.63) is 64.4 Å². The number of nitrogens with zero attached hydrogens (tertiary/aromatic N) is 2. The standard InChI is InChI=1S/C15H13BrN2/c1-11-2-4-12(5-3-11)10-18-9-7-13-14(16)6-8-17-15(13)18/h2-9H,10H2,1H3. The molecule has 0 spiro atoms. The van der Waals surface area contributed by atoms with Crippen LogP contribution in [-0.4, -0.2) is 9.55 Å². The normalized spacial score (nSPS) is 11.0. The molecule has 3 heteroatoms. The van der Waals surface area contributed by atoms with Crippen molar-refractivity contribution in [3.8, 4) is 0 Å². The van der Waals surface area contributed by atoms with Gasteiger partial charge in [-0.1, -0.05) is 29.8 Å². The molecule has 0 fully saturated rings. The third-order valence-corrected chi connectivity index (χ3v) is 3.77. The van der Waals surface area contributed by atoms with E-state index in [9.17, 15) is 0 Å². The highest BCUT2D eigenvalue weighted by Gasteiger charge is 2.05. The Morgan fingerprint density at radius 2 is 1.89 bits per heavy atom. The van der Waals surface area contributed by atoms with Crippen molar-refractivity contribution in [1.82, 2.24) is 9.55 Å². The van der Waals surface area contributed by atoms with Crippen molar-refractivity contribution in [1.29, 1.82) is 0 Å². The summed E-state index contributed by atoms with van der Waals surface area (Å²) >= 11 is 3.55. The van der Waals surface area contributed by atoms with Gasteiger partial charge in [-0.05, 0) is 40.5 Å². The van der Waals surface area contributed by atoms with Crippen LogP contribution in [0.4, 0.5) is 0 Å². The van der Waals surface area contributed by atoms with Crippen LogP contribution in [0.5, 0.6) is 0 Å². The summed E-state index contributed by atoms with van der Waals surface area (Å²) in [6, 6.07) is 12.7. The third kappa shape index (κ3) is 2.06. The van der Waals surface area contributed by atoms with Crippen LogP contribution in [0, 0.1) is 6.92 Å². The van der Waals surface area contributed by atoms with Crippen molar-refractivity contribution in [2.45, 2.75) is 13.5 Å². The van der Waals surface area contributed by atoms with Gasteiger partial charge in [-0.25, -0.2) is 4.98 Å². The zero-order chi connectivity index (χ0) is 12.5. The first-order valence-electron chi connectivity index (χ1n) is 5.89. The number of rotatable bonds is 2. The number of hydrogen-bond donors (Lipinski definition) is 0. The van der Waals surface area contributed by atoms with Gasteiger partial charge in [-0.15, -0.1) is 0 Å². The zero-order valence-electron chi connectivity index (χ0n) is 10.1. The van der Waals surface area contributed by atoms with E-state index in [-0.39, 0.29) is 0 Å². The molecule has 1 aromatic carbocycles. The Bertz CT molecular complexity index is 683. The quantitative estimate of drug-likeness (QED) is 0.695. The number of aryl methyl sites for hydroxylation is 1. The highest BCUT2D eigenvalue weighted by Crippen LogP contribution is 2.23. The molecule has 0 radical (unpaired) electrons. The molecule has 0 aliphatic carbocycles. The Hall–Kier alpha value is -1.61. The van der Waals surface area contributed by atoms with E-state index < -0.39 is 0 Å². The van der Waals surface area contributed by atoms with Crippen LogP contribution in [0.25, 0.3) is 11.0 Å². The van der Waals surface area contributed by atoms with E-state index in [2.05, 4.69) is 68.9 Å². The lowest BCUT2D eigenvalue weighted by molar-refractivity contribution is 0.825. The molecular weight excluding hydrogens is 288 g/mol. The lowest BCUT2D eigenvalue weighted by Gasteiger charge is -2.05. The number of aromatic nitrogens is 2. The van der Waals surface area contributed by atoms with Gasteiger partial charge in [0.25, 0.3) is 0 Å². The fourth-order valence-corrected chi connectivity index (χ4v) is 2.50. The Balaban J connectivity index is 2.00. The molecule has 3 aromatic rings. The number of hydrogen-bond acceptors (Lipinski definition) is 1. The number of halogens is 1. The minimum atomic E-state index is 0.854. The van der Waals surface area contributed by atoms with Crippen LogP contribution in [0.15, 0.2) is 53.3 Å². The first-order valence-corrected chi connectivity index (χ1v) is 6.68. The summed E-state index contributed by atoms with van der Waals surface area (Å²) < 4.78 is 3.26. The number of fused-ring (bicyclic) bond motifs is 1. The molecule has 3 rings (SSSR count). The molecule has 2 heterocycles. The molecule has 90 valence electrons. The van der Waals surface area contributed by atoms with E-state index in [1.165, 1.54) is 11.1 Å². The van der Waals surface area contributed by atoms with Crippen LogP contribution in [0.2, 0.25) is 0 Å². The van der Waals surface area contributed by atoms with Crippen molar-refractivity contribution in [2.24, 2.45) is 0 Å². The van der Waals surface area contributed by atoms with Gasteiger partial charge in [0.2, 0.25) is 0 Å².